The topological polar surface area (TPSA) is 57.6 Å². The van der Waals surface area contributed by atoms with Gasteiger partial charge in [-0.05, 0) is 38.0 Å². The fourth-order valence-electron chi connectivity index (χ4n) is 3.74. The van der Waals surface area contributed by atoms with Crippen LogP contribution in [0.15, 0.2) is 0 Å². The Kier molecular flexibility index (Phi) is 4.48. The summed E-state index contributed by atoms with van der Waals surface area (Å²) in [6.07, 6.45) is 8.28. The average Bonchev–Trinajstić information content (AvgIpc) is 2.44. The molecule has 0 radical (unpaired) electrons. The van der Waals surface area contributed by atoms with Gasteiger partial charge in [-0.1, -0.05) is 25.7 Å². The van der Waals surface area contributed by atoms with E-state index in [0.29, 0.717) is 5.92 Å². The number of carbonyl (C=O) groups is 2. The molecule has 0 bridgehead atoms. The van der Waals surface area contributed by atoms with E-state index in [1.54, 1.807) is 14.0 Å². The Hall–Kier alpha value is -1.06. The van der Waals surface area contributed by atoms with Gasteiger partial charge in [-0.25, -0.2) is 4.79 Å². The average molecular weight is 267 g/mol. The quantitative estimate of drug-likeness (QED) is 0.854. The molecule has 4 heteroatoms. The van der Waals surface area contributed by atoms with Gasteiger partial charge in [0.2, 0.25) is 5.91 Å². The van der Waals surface area contributed by atoms with Crippen LogP contribution in [0.3, 0.4) is 0 Å². The Balaban J connectivity index is 1.95. The zero-order chi connectivity index (χ0) is 14.0. The fourth-order valence-corrected chi connectivity index (χ4v) is 3.74. The van der Waals surface area contributed by atoms with Gasteiger partial charge in [-0.15, -0.1) is 0 Å². The molecule has 0 aromatic rings. The minimum absolute atomic E-state index is 0.0268. The van der Waals surface area contributed by atoms with Crippen molar-refractivity contribution in [3.63, 3.8) is 0 Å². The summed E-state index contributed by atoms with van der Waals surface area (Å²) in [6, 6.07) is -0.725. The van der Waals surface area contributed by atoms with Crippen molar-refractivity contribution in [1.82, 2.24) is 4.90 Å². The van der Waals surface area contributed by atoms with Gasteiger partial charge in [-0.3, -0.25) is 4.79 Å². The Bertz CT molecular complexity index is 355. The molecule has 4 unspecified atom stereocenters. The van der Waals surface area contributed by atoms with E-state index in [-0.39, 0.29) is 11.8 Å². The van der Waals surface area contributed by atoms with E-state index in [9.17, 15) is 9.59 Å². The summed E-state index contributed by atoms with van der Waals surface area (Å²) in [6.45, 7) is 1.58. The number of rotatable bonds is 3. The first kappa shape index (κ1) is 14.4. The number of hydrogen-bond donors (Lipinski definition) is 1. The minimum Gasteiger partial charge on any atom is -0.480 e. The van der Waals surface area contributed by atoms with E-state index in [2.05, 4.69) is 0 Å². The van der Waals surface area contributed by atoms with Crippen LogP contribution in [0.2, 0.25) is 0 Å². The molecule has 1 amide bonds. The second-order valence-corrected chi connectivity index (χ2v) is 6.28. The van der Waals surface area contributed by atoms with Crippen molar-refractivity contribution >= 4 is 11.9 Å². The summed E-state index contributed by atoms with van der Waals surface area (Å²) in [7, 11) is 1.62. The first-order chi connectivity index (χ1) is 9.00. The van der Waals surface area contributed by atoms with Crippen LogP contribution in [0, 0.1) is 17.8 Å². The Morgan fingerprint density at radius 1 is 1.11 bits per heavy atom. The standard InChI is InChI=1S/C15H25NO3/c1-10(15(18)19)16(2)14(17)13-8-7-11-5-3-4-6-12(11)9-13/h10-13H,3-9H2,1-2H3,(H,18,19). The van der Waals surface area contributed by atoms with Crippen LogP contribution in [0.25, 0.3) is 0 Å². The van der Waals surface area contributed by atoms with Gasteiger partial charge < -0.3 is 10.0 Å². The molecule has 0 aliphatic heterocycles. The van der Waals surface area contributed by atoms with Crippen LogP contribution in [0.4, 0.5) is 0 Å². The van der Waals surface area contributed by atoms with Gasteiger partial charge in [0.15, 0.2) is 0 Å². The molecule has 0 heterocycles. The lowest BCUT2D eigenvalue weighted by atomic mass is 9.67. The maximum atomic E-state index is 12.4. The highest BCUT2D eigenvalue weighted by molar-refractivity contribution is 5.84. The monoisotopic (exact) mass is 267 g/mol. The lowest BCUT2D eigenvalue weighted by molar-refractivity contribution is -0.150. The number of carboxylic acid groups (broad SMARTS) is 1. The van der Waals surface area contributed by atoms with E-state index < -0.39 is 12.0 Å². The molecular formula is C15H25NO3. The molecule has 4 nitrogen and oxygen atoms in total. The zero-order valence-corrected chi connectivity index (χ0v) is 12.0. The fraction of sp³-hybridized carbons (Fsp3) is 0.867. The van der Waals surface area contributed by atoms with Crippen molar-refractivity contribution in [2.24, 2.45) is 17.8 Å². The number of carboxylic acids is 1. The van der Waals surface area contributed by atoms with Crippen molar-refractivity contribution in [3.05, 3.63) is 0 Å². The Morgan fingerprint density at radius 2 is 1.74 bits per heavy atom. The number of nitrogens with zero attached hydrogens (tertiary/aromatic N) is 1. The number of carbonyl (C=O) groups excluding carboxylic acids is 1. The first-order valence-corrected chi connectivity index (χ1v) is 7.50. The molecule has 0 saturated heterocycles. The molecule has 108 valence electrons. The SMILES string of the molecule is CC(C(=O)O)N(C)C(=O)C1CCC2CCCCC2C1. The van der Waals surface area contributed by atoms with Crippen LogP contribution < -0.4 is 0 Å². The van der Waals surface area contributed by atoms with E-state index >= 15 is 0 Å². The van der Waals surface area contributed by atoms with E-state index in [1.165, 1.54) is 30.6 Å². The highest BCUT2D eigenvalue weighted by atomic mass is 16.4. The smallest absolute Gasteiger partial charge is 0.326 e. The van der Waals surface area contributed by atoms with Crippen LogP contribution in [-0.2, 0) is 9.59 Å². The van der Waals surface area contributed by atoms with Crippen LogP contribution in [-0.4, -0.2) is 35.0 Å². The third-order valence-corrected chi connectivity index (χ3v) is 5.17. The van der Waals surface area contributed by atoms with Crippen molar-refractivity contribution in [3.8, 4) is 0 Å². The lowest BCUT2D eigenvalue weighted by Gasteiger charge is -2.40. The molecule has 0 spiro atoms. The molecule has 2 aliphatic rings. The maximum absolute atomic E-state index is 12.4. The molecule has 0 aromatic carbocycles. The Labute approximate surface area is 115 Å². The number of aliphatic carboxylic acids is 1. The van der Waals surface area contributed by atoms with Gasteiger partial charge in [0.1, 0.15) is 6.04 Å². The van der Waals surface area contributed by atoms with E-state index in [0.717, 1.165) is 25.2 Å². The minimum atomic E-state index is -0.929. The van der Waals surface area contributed by atoms with E-state index in [4.69, 9.17) is 5.11 Å². The highest BCUT2D eigenvalue weighted by Crippen LogP contribution is 2.43. The molecule has 2 fully saturated rings. The summed E-state index contributed by atoms with van der Waals surface area (Å²) >= 11 is 0. The number of fused-ring (bicyclic) bond motifs is 1. The zero-order valence-electron chi connectivity index (χ0n) is 12.0. The van der Waals surface area contributed by atoms with Crippen LogP contribution in [0.1, 0.15) is 51.9 Å². The number of hydrogen-bond acceptors (Lipinski definition) is 2. The third-order valence-electron chi connectivity index (χ3n) is 5.17. The molecule has 19 heavy (non-hydrogen) atoms. The molecule has 4 atom stereocenters. The highest BCUT2D eigenvalue weighted by Gasteiger charge is 2.37. The Morgan fingerprint density at radius 3 is 2.37 bits per heavy atom. The predicted molar refractivity (Wildman–Crippen MR) is 72.7 cm³/mol. The molecule has 0 aromatic heterocycles. The van der Waals surface area contributed by atoms with Gasteiger partial charge in [0.05, 0.1) is 0 Å². The van der Waals surface area contributed by atoms with Crippen molar-refractivity contribution in [2.45, 2.75) is 57.9 Å². The third kappa shape index (κ3) is 3.10. The van der Waals surface area contributed by atoms with Crippen LogP contribution >= 0.6 is 0 Å². The van der Waals surface area contributed by atoms with Crippen molar-refractivity contribution in [1.29, 1.82) is 0 Å². The largest absolute Gasteiger partial charge is 0.480 e. The first-order valence-electron chi connectivity index (χ1n) is 7.50. The number of amides is 1. The summed E-state index contributed by atoms with van der Waals surface area (Å²) in [5.41, 5.74) is 0. The lowest BCUT2D eigenvalue weighted by Crippen LogP contribution is -2.45. The molecule has 1 N–H and O–H groups in total. The molecular weight excluding hydrogens is 242 g/mol. The van der Waals surface area contributed by atoms with Crippen molar-refractivity contribution in [2.75, 3.05) is 7.05 Å². The predicted octanol–water partition coefficient (Wildman–Crippen LogP) is 2.52. The number of likely N-dealkylation sites (N-methyl/N-ethyl adjacent to an activating group) is 1. The van der Waals surface area contributed by atoms with E-state index in [1.807, 2.05) is 0 Å². The molecule has 2 aliphatic carbocycles. The summed E-state index contributed by atoms with van der Waals surface area (Å²) in [4.78, 5) is 24.8. The maximum Gasteiger partial charge on any atom is 0.326 e. The van der Waals surface area contributed by atoms with Gasteiger partial charge in [0.25, 0.3) is 0 Å². The summed E-state index contributed by atoms with van der Waals surface area (Å²) in [5, 5.41) is 8.99. The second kappa shape index (κ2) is 5.93. The normalized spacial score (nSPS) is 32.2. The van der Waals surface area contributed by atoms with Gasteiger partial charge >= 0.3 is 5.97 Å². The molecule has 2 rings (SSSR count). The molecule has 2 saturated carbocycles. The van der Waals surface area contributed by atoms with Gasteiger partial charge in [0, 0.05) is 13.0 Å². The van der Waals surface area contributed by atoms with Crippen LogP contribution in [0.5, 0.6) is 0 Å². The summed E-state index contributed by atoms with van der Waals surface area (Å²) < 4.78 is 0. The summed E-state index contributed by atoms with van der Waals surface area (Å²) in [5.74, 6) is 0.664. The van der Waals surface area contributed by atoms with Crippen molar-refractivity contribution < 1.29 is 14.7 Å². The second-order valence-electron chi connectivity index (χ2n) is 6.28. The van der Waals surface area contributed by atoms with Gasteiger partial charge in [-0.2, -0.15) is 0 Å².